The summed E-state index contributed by atoms with van der Waals surface area (Å²) in [6.45, 7) is 3.34. The normalized spacial score (nSPS) is 17.4. The van der Waals surface area contributed by atoms with E-state index in [9.17, 15) is 38.7 Å². The van der Waals surface area contributed by atoms with Gasteiger partial charge in [-0.2, -0.15) is 0 Å². The highest BCUT2D eigenvalue weighted by molar-refractivity contribution is 5.95. The second-order valence-electron chi connectivity index (χ2n) is 9.26. The van der Waals surface area contributed by atoms with Crippen molar-refractivity contribution in [3.05, 3.63) is 0 Å². The van der Waals surface area contributed by atoms with Crippen LogP contribution in [-0.2, 0) is 33.6 Å². The number of nitrogens with zero attached hydrogens (tertiary/aromatic N) is 1. The number of primary amides is 1. The summed E-state index contributed by atoms with van der Waals surface area (Å²) in [7, 11) is 0. The van der Waals surface area contributed by atoms with Crippen molar-refractivity contribution in [3.63, 3.8) is 0 Å². The lowest BCUT2D eigenvalue weighted by atomic mass is 10.0. The Balaban J connectivity index is 2.79. The Kier molecular flexibility index (Phi) is 12.4. The van der Waals surface area contributed by atoms with Gasteiger partial charge >= 0.3 is 11.9 Å². The van der Waals surface area contributed by atoms with E-state index in [1.54, 1.807) is 0 Å². The van der Waals surface area contributed by atoms with Crippen LogP contribution >= 0.6 is 0 Å². The summed E-state index contributed by atoms with van der Waals surface area (Å²) in [5.74, 6) is -6.32. The van der Waals surface area contributed by atoms with Gasteiger partial charge in [0.15, 0.2) is 0 Å². The highest BCUT2D eigenvalue weighted by atomic mass is 16.4. The van der Waals surface area contributed by atoms with E-state index in [-0.39, 0.29) is 25.3 Å². The minimum absolute atomic E-state index is 0.108. The zero-order valence-corrected chi connectivity index (χ0v) is 20.9. The van der Waals surface area contributed by atoms with Crippen LogP contribution < -0.4 is 27.4 Å². The largest absolute Gasteiger partial charge is 0.481 e. The van der Waals surface area contributed by atoms with Crippen molar-refractivity contribution < 1.29 is 43.8 Å². The van der Waals surface area contributed by atoms with Gasteiger partial charge in [0.05, 0.1) is 19.0 Å². The number of aliphatic carboxylic acids is 2. The predicted molar refractivity (Wildman–Crippen MR) is 127 cm³/mol. The van der Waals surface area contributed by atoms with Gasteiger partial charge in [0.25, 0.3) is 0 Å². The Labute approximate surface area is 213 Å². The van der Waals surface area contributed by atoms with Crippen molar-refractivity contribution >= 4 is 41.5 Å². The average Bonchev–Trinajstić information content (AvgIpc) is 3.28. The Hall–Kier alpha value is -3.75. The number of rotatable bonds is 15. The van der Waals surface area contributed by atoms with E-state index < -0.39 is 85.0 Å². The molecule has 208 valence electrons. The highest BCUT2D eigenvalue weighted by Gasteiger charge is 2.36. The van der Waals surface area contributed by atoms with Crippen LogP contribution in [0.5, 0.6) is 0 Å². The number of nitrogens with two attached hydrogens (primary N) is 2. The molecular weight excluding hydrogens is 492 g/mol. The first kappa shape index (κ1) is 31.3. The van der Waals surface area contributed by atoms with Gasteiger partial charge in [-0.05, 0) is 31.6 Å². The van der Waals surface area contributed by atoms with Crippen LogP contribution in [0.25, 0.3) is 0 Å². The first-order chi connectivity index (χ1) is 17.2. The number of carboxylic acids is 2. The standard InChI is InChI=1S/C22H36N6O9/c1-11(2)8-12(23)19(33)26-13(5-6-18(31)32)20(34)25-10-17(30)28-7-3-4-15(28)21(35)27-14(22(36)37)9-16(24)29/h11-15H,3-10,23H2,1-2H3,(H2,24,29)(H,25,34)(H,26,33)(H,27,35)(H,31,32)(H,36,37). The van der Waals surface area contributed by atoms with Crippen LogP contribution in [0.2, 0.25) is 0 Å². The topological polar surface area (TPSA) is 251 Å². The van der Waals surface area contributed by atoms with Crippen LogP contribution in [0.4, 0.5) is 0 Å². The molecule has 0 aromatic carbocycles. The first-order valence-electron chi connectivity index (χ1n) is 11.9. The van der Waals surface area contributed by atoms with Gasteiger partial charge < -0.3 is 42.5 Å². The van der Waals surface area contributed by atoms with Gasteiger partial charge in [-0.15, -0.1) is 0 Å². The number of carboxylic acid groups (broad SMARTS) is 2. The summed E-state index contributed by atoms with van der Waals surface area (Å²) in [6.07, 6.45) is -0.257. The lowest BCUT2D eigenvalue weighted by Crippen LogP contribution is -2.55. The molecule has 37 heavy (non-hydrogen) atoms. The van der Waals surface area contributed by atoms with Gasteiger partial charge in [0.2, 0.25) is 29.5 Å². The van der Waals surface area contributed by atoms with Crippen LogP contribution in [0, 0.1) is 5.92 Å². The molecule has 15 heteroatoms. The minimum atomic E-state index is -1.55. The summed E-state index contributed by atoms with van der Waals surface area (Å²) in [5, 5.41) is 25.1. The van der Waals surface area contributed by atoms with Crippen LogP contribution in [0.3, 0.4) is 0 Å². The highest BCUT2D eigenvalue weighted by Crippen LogP contribution is 2.18. The molecule has 1 rings (SSSR count). The third-order valence-corrected chi connectivity index (χ3v) is 5.65. The molecule has 1 aliphatic rings. The Morgan fingerprint density at radius 3 is 2.19 bits per heavy atom. The number of hydrogen-bond acceptors (Lipinski definition) is 8. The summed E-state index contributed by atoms with van der Waals surface area (Å²) >= 11 is 0. The smallest absolute Gasteiger partial charge is 0.326 e. The first-order valence-corrected chi connectivity index (χ1v) is 11.9. The second-order valence-corrected chi connectivity index (χ2v) is 9.26. The number of amides is 5. The van der Waals surface area contributed by atoms with Crippen LogP contribution in [0.15, 0.2) is 0 Å². The van der Waals surface area contributed by atoms with E-state index in [1.807, 2.05) is 13.8 Å². The molecule has 0 aliphatic carbocycles. The SMILES string of the molecule is CC(C)CC(N)C(=O)NC(CCC(=O)O)C(=O)NCC(=O)N1CCCC1C(=O)NC(CC(N)=O)C(=O)O. The van der Waals surface area contributed by atoms with Gasteiger partial charge in [-0.1, -0.05) is 13.8 Å². The molecule has 4 unspecified atom stereocenters. The Bertz CT molecular complexity index is 894. The van der Waals surface area contributed by atoms with Crippen molar-refractivity contribution in [2.24, 2.45) is 17.4 Å². The van der Waals surface area contributed by atoms with E-state index in [0.29, 0.717) is 12.8 Å². The van der Waals surface area contributed by atoms with Crippen molar-refractivity contribution in [1.29, 1.82) is 0 Å². The molecular formula is C22H36N6O9. The van der Waals surface area contributed by atoms with E-state index >= 15 is 0 Å². The maximum absolute atomic E-state index is 12.7. The van der Waals surface area contributed by atoms with Gasteiger partial charge in [0.1, 0.15) is 18.1 Å². The maximum atomic E-state index is 12.7. The molecule has 1 saturated heterocycles. The van der Waals surface area contributed by atoms with Gasteiger partial charge in [0, 0.05) is 13.0 Å². The van der Waals surface area contributed by atoms with Crippen LogP contribution in [0.1, 0.15) is 52.4 Å². The van der Waals surface area contributed by atoms with Crippen molar-refractivity contribution in [3.8, 4) is 0 Å². The molecule has 15 nitrogen and oxygen atoms in total. The maximum Gasteiger partial charge on any atom is 0.326 e. The van der Waals surface area contributed by atoms with E-state index in [1.165, 1.54) is 4.90 Å². The minimum Gasteiger partial charge on any atom is -0.481 e. The summed E-state index contributed by atoms with van der Waals surface area (Å²) in [6, 6.07) is -4.73. The monoisotopic (exact) mass is 528 g/mol. The molecule has 0 bridgehead atoms. The number of likely N-dealkylation sites (tertiary alicyclic amines) is 1. The number of nitrogens with one attached hydrogen (secondary N) is 3. The zero-order valence-electron chi connectivity index (χ0n) is 20.9. The molecule has 0 aromatic rings. The average molecular weight is 529 g/mol. The molecule has 9 N–H and O–H groups in total. The molecule has 0 spiro atoms. The van der Waals surface area contributed by atoms with Crippen molar-refractivity contribution in [2.75, 3.05) is 13.1 Å². The summed E-state index contributed by atoms with van der Waals surface area (Å²) in [5.41, 5.74) is 10.8. The van der Waals surface area contributed by atoms with Crippen molar-refractivity contribution in [1.82, 2.24) is 20.9 Å². The van der Waals surface area contributed by atoms with E-state index in [4.69, 9.17) is 16.6 Å². The van der Waals surface area contributed by atoms with Gasteiger partial charge in [-0.25, -0.2) is 4.79 Å². The fourth-order valence-corrected chi connectivity index (χ4v) is 3.82. The third-order valence-electron chi connectivity index (χ3n) is 5.65. The van der Waals surface area contributed by atoms with Crippen molar-refractivity contribution in [2.45, 2.75) is 76.5 Å². The Morgan fingerprint density at radius 2 is 1.65 bits per heavy atom. The van der Waals surface area contributed by atoms with Crippen LogP contribution in [-0.4, -0.2) is 93.8 Å². The third kappa shape index (κ3) is 10.8. The molecule has 0 aromatic heterocycles. The number of carbonyl (C=O) groups excluding carboxylic acids is 5. The molecule has 0 saturated carbocycles. The number of hydrogen-bond donors (Lipinski definition) is 7. The van der Waals surface area contributed by atoms with E-state index in [0.717, 1.165) is 0 Å². The summed E-state index contributed by atoms with van der Waals surface area (Å²) < 4.78 is 0. The fourth-order valence-electron chi connectivity index (χ4n) is 3.82. The predicted octanol–water partition coefficient (Wildman–Crippen LogP) is -2.74. The second kappa shape index (κ2) is 14.7. The number of carbonyl (C=O) groups is 7. The molecule has 1 fully saturated rings. The summed E-state index contributed by atoms with van der Waals surface area (Å²) in [4.78, 5) is 84.9. The fraction of sp³-hybridized carbons (Fsp3) is 0.682. The molecule has 0 radical (unpaired) electrons. The van der Waals surface area contributed by atoms with Gasteiger partial charge in [-0.3, -0.25) is 28.8 Å². The molecule has 4 atom stereocenters. The van der Waals surface area contributed by atoms with E-state index in [2.05, 4.69) is 16.0 Å². The lowest BCUT2D eigenvalue weighted by molar-refractivity contribution is -0.145. The molecule has 5 amide bonds. The Morgan fingerprint density at radius 1 is 1.00 bits per heavy atom. The quantitative estimate of drug-likeness (QED) is 0.115. The zero-order chi connectivity index (χ0) is 28.3. The molecule has 1 aliphatic heterocycles. The lowest BCUT2D eigenvalue weighted by Gasteiger charge is -2.26. The molecule has 1 heterocycles.